The largest absolute Gasteiger partial charge is 0.346 e. The Kier molecular flexibility index (Phi) is 4.86. The van der Waals surface area contributed by atoms with Crippen molar-refractivity contribution in [2.75, 3.05) is 32.7 Å². The smallest absolute Gasteiger partial charge is 0.237 e. The lowest BCUT2D eigenvalue weighted by atomic mass is 9.83. The minimum atomic E-state index is 0.158. The molecule has 4 saturated heterocycles. The summed E-state index contributed by atoms with van der Waals surface area (Å²) in [5.41, 5.74) is 1.42. The molecular weight excluding hydrogens is 298 g/mol. The van der Waals surface area contributed by atoms with E-state index in [1.165, 1.54) is 31.5 Å². The van der Waals surface area contributed by atoms with Crippen molar-refractivity contribution in [1.82, 2.24) is 10.2 Å². The number of fused-ring (bicyclic) bond motifs is 3. The molecule has 5 rings (SSSR count). The molecule has 4 nitrogen and oxygen atoms in total. The van der Waals surface area contributed by atoms with Gasteiger partial charge in [-0.2, -0.15) is 0 Å². The molecule has 2 unspecified atom stereocenters. The molecule has 3 atom stereocenters. The van der Waals surface area contributed by atoms with Crippen LogP contribution in [0.4, 0.5) is 0 Å². The van der Waals surface area contributed by atoms with Crippen LogP contribution in [0.2, 0.25) is 0 Å². The number of nitrogens with one attached hydrogen (secondary N) is 2. The topological polar surface area (TPSA) is 36.8 Å². The van der Waals surface area contributed by atoms with Gasteiger partial charge in [0.2, 0.25) is 5.91 Å². The predicted molar refractivity (Wildman–Crippen MR) is 95.0 cm³/mol. The van der Waals surface area contributed by atoms with Gasteiger partial charge in [0, 0.05) is 12.8 Å². The lowest BCUT2D eigenvalue weighted by Crippen LogP contribution is -3.10. The number of carbonyl (C=O) groups excluding carboxylic acids is 1. The average molecular weight is 328 g/mol. The average Bonchev–Trinajstić information content (AvgIpc) is 3.09. The van der Waals surface area contributed by atoms with Crippen molar-refractivity contribution < 1.29 is 9.69 Å². The summed E-state index contributed by atoms with van der Waals surface area (Å²) >= 11 is 0. The Morgan fingerprint density at radius 2 is 1.96 bits per heavy atom. The maximum absolute atomic E-state index is 12.7. The number of hydrogen-bond acceptors (Lipinski definition) is 2. The molecule has 1 amide bonds. The Morgan fingerprint density at radius 1 is 1.17 bits per heavy atom. The third-order valence-corrected chi connectivity index (χ3v) is 6.29. The molecule has 0 spiro atoms. The molecule has 130 valence electrons. The standard InChI is InChI=1S/C20H29N3O/c24-20(19-14-17-7-12-23(19)13-8-17)21-18-9-11-22(15-18)10-6-16-4-2-1-3-5-16/h1-5,17-19H,6-15H2,(H,21,24)/p+1/t18-,19?/m0/s1. The van der Waals surface area contributed by atoms with Gasteiger partial charge in [-0.05, 0) is 43.8 Å². The number of nitrogens with zero attached hydrogens (tertiary/aromatic N) is 1. The summed E-state index contributed by atoms with van der Waals surface area (Å²) in [5.74, 6) is 1.09. The quantitative estimate of drug-likeness (QED) is 0.825. The van der Waals surface area contributed by atoms with Crippen molar-refractivity contribution in [2.24, 2.45) is 5.92 Å². The second-order valence-corrected chi connectivity index (χ2v) is 7.91. The fourth-order valence-electron chi connectivity index (χ4n) is 4.78. The molecule has 4 heterocycles. The summed E-state index contributed by atoms with van der Waals surface area (Å²) in [6.07, 6.45) is 5.94. The van der Waals surface area contributed by atoms with Crippen LogP contribution in [0.5, 0.6) is 0 Å². The molecule has 4 aliphatic heterocycles. The molecular formula is C20H30N3O+. The van der Waals surface area contributed by atoms with E-state index < -0.39 is 0 Å². The fourth-order valence-corrected chi connectivity index (χ4v) is 4.78. The molecule has 4 aliphatic rings. The Hall–Kier alpha value is -1.39. The van der Waals surface area contributed by atoms with Gasteiger partial charge in [0.15, 0.2) is 0 Å². The molecule has 0 saturated carbocycles. The third-order valence-electron chi connectivity index (χ3n) is 6.29. The number of hydrogen-bond donors (Lipinski definition) is 2. The minimum Gasteiger partial charge on any atom is -0.346 e. The van der Waals surface area contributed by atoms with Crippen LogP contribution >= 0.6 is 0 Å². The maximum Gasteiger partial charge on any atom is 0.237 e. The monoisotopic (exact) mass is 328 g/mol. The Bertz CT molecular complexity index is 553. The second-order valence-electron chi connectivity index (χ2n) is 7.91. The highest BCUT2D eigenvalue weighted by Crippen LogP contribution is 2.31. The molecule has 4 heteroatoms. The van der Waals surface area contributed by atoms with E-state index in [4.69, 9.17) is 0 Å². The Labute approximate surface area is 145 Å². The first-order valence-corrected chi connectivity index (χ1v) is 9.70. The van der Waals surface area contributed by atoms with Gasteiger partial charge in [0.1, 0.15) is 0 Å². The van der Waals surface area contributed by atoms with E-state index in [1.807, 2.05) is 0 Å². The van der Waals surface area contributed by atoms with Crippen molar-refractivity contribution in [3.05, 3.63) is 35.9 Å². The van der Waals surface area contributed by atoms with Crippen LogP contribution in [0.3, 0.4) is 0 Å². The summed E-state index contributed by atoms with van der Waals surface area (Å²) in [4.78, 5) is 16.7. The highest BCUT2D eigenvalue weighted by Gasteiger charge is 2.39. The van der Waals surface area contributed by atoms with Crippen molar-refractivity contribution >= 4 is 5.91 Å². The van der Waals surface area contributed by atoms with Gasteiger partial charge >= 0.3 is 0 Å². The third kappa shape index (κ3) is 3.65. The number of amides is 1. The van der Waals surface area contributed by atoms with Crippen molar-refractivity contribution in [3.8, 4) is 0 Å². The van der Waals surface area contributed by atoms with E-state index in [0.717, 1.165) is 44.8 Å². The highest BCUT2D eigenvalue weighted by molar-refractivity contribution is 5.82. The molecule has 1 aromatic carbocycles. The van der Waals surface area contributed by atoms with Crippen LogP contribution in [0.25, 0.3) is 0 Å². The Balaban J connectivity index is 1.23. The first-order chi connectivity index (χ1) is 11.8. The summed E-state index contributed by atoms with van der Waals surface area (Å²) in [6.45, 7) is 5.71. The second kappa shape index (κ2) is 7.24. The lowest BCUT2D eigenvalue weighted by Gasteiger charge is -2.44. The SMILES string of the molecule is O=C(N[C@H]1CC[NH+](CCc2ccccc2)C1)C1CC2CCN1CC2. The van der Waals surface area contributed by atoms with Gasteiger partial charge in [-0.25, -0.2) is 0 Å². The highest BCUT2D eigenvalue weighted by atomic mass is 16.2. The van der Waals surface area contributed by atoms with Crippen LogP contribution in [0.15, 0.2) is 30.3 Å². The first kappa shape index (κ1) is 16.1. The van der Waals surface area contributed by atoms with Crippen LogP contribution in [0.1, 0.15) is 31.2 Å². The van der Waals surface area contributed by atoms with Crippen molar-refractivity contribution in [1.29, 1.82) is 0 Å². The molecule has 4 fully saturated rings. The number of piperidine rings is 3. The number of rotatable bonds is 5. The van der Waals surface area contributed by atoms with Gasteiger partial charge in [0.05, 0.1) is 31.7 Å². The first-order valence-electron chi connectivity index (χ1n) is 9.70. The zero-order valence-corrected chi connectivity index (χ0v) is 14.5. The number of benzene rings is 1. The maximum atomic E-state index is 12.7. The van der Waals surface area contributed by atoms with Crippen LogP contribution in [-0.4, -0.2) is 55.6 Å². The van der Waals surface area contributed by atoms with Crippen molar-refractivity contribution in [2.45, 2.75) is 44.2 Å². The number of carbonyl (C=O) groups is 1. The Morgan fingerprint density at radius 3 is 2.67 bits per heavy atom. The summed E-state index contributed by atoms with van der Waals surface area (Å²) in [5, 5.41) is 3.36. The van der Waals surface area contributed by atoms with E-state index in [1.54, 1.807) is 4.90 Å². The fraction of sp³-hybridized carbons (Fsp3) is 0.650. The summed E-state index contributed by atoms with van der Waals surface area (Å²) in [6, 6.07) is 11.3. The molecule has 24 heavy (non-hydrogen) atoms. The van der Waals surface area contributed by atoms with Crippen LogP contribution in [0, 0.1) is 5.92 Å². The molecule has 0 aliphatic carbocycles. The van der Waals surface area contributed by atoms with E-state index in [9.17, 15) is 4.79 Å². The summed E-state index contributed by atoms with van der Waals surface area (Å²) < 4.78 is 0. The molecule has 2 N–H and O–H groups in total. The van der Waals surface area contributed by atoms with E-state index in [-0.39, 0.29) is 6.04 Å². The molecule has 0 radical (unpaired) electrons. The minimum absolute atomic E-state index is 0.158. The predicted octanol–water partition coefficient (Wildman–Crippen LogP) is 0.487. The lowest BCUT2D eigenvalue weighted by molar-refractivity contribution is -0.887. The van der Waals surface area contributed by atoms with Crippen LogP contribution in [-0.2, 0) is 11.2 Å². The zero-order chi connectivity index (χ0) is 16.4. The molecule has 0 aromatic heterocycles. The van der Waals surface area contributed by atoms with E-state index in [2.05, 4.69) is 40.5 Å². The normalized spacial score (nSPS) is 35.1. The number of likely N-dealkylation sites (tertiary alicyclic amines) is 1. The van der Waals surface area contributed by atoms with E-state index in [0.29, 0.717) is 11.9 Å². The molecule has 2 bridgehead atoms. The summed E-state index contributed by atoms with van der Waals surface area (Å²) in [7, 11) is 0. The molecule has 1 aromatic rings. The zero-order valence-electron chi connectivity index (χ0n) is 14.5. The van der Waals surface area contributed by atoms with E-state index >= 15 is 0 Å². The van der Waals surface area contributed by atoms with Gasteiger partial charge in [-0.3, -0.25) is 9.69 Å². The van der Waals surface area contributed by atoms with Gasteiger partial charge in [-0.1, -0.05) is 30.3 Å². The van der Waals surface area contributed by atoms with Crippen molar-refractivity contribution in [3.63, 3.8) is 0 Å². The van der Waals surface area contributed by atoms with Gasteiger partial charge in [0.25, 0.3) is 0 Å². The van der Waals surface area contributed by atoms with Crippen LogP contribution < -0.4 is 10.2 Å². The van der Waals surface area contributed by atoms with Gasteiger partial charge in [-0.15, -0.1) is 0 Å². The number of quaternary nitrogens is 1. The van der Waals surface area contributed by atoms with Gasteiger partial charge < -0.3 is 10.2 Å².